The van der Waals surface area contributed by atoms with Gasteiger partial charge in [-0.3, -0.25) is 4.52 Å². The van der Waals surface area contributed by atoms with Crippen molar-refractivity contribution in [1.82, 2.24) is 0 Å². The van der Waals surface area contributed by atoms with Crippen LogP contribution in [0.1, 0.15) is 51.9 Å². The Morgan fingerprint density at radius 3 is 2.08 bits per heavy atom. The van der Waals surface area contributed by atoms with Crippen molar-refractivity contribution in [1.29, 1.82) is 0 Å². The smallest absolute Gasteiger partial charge is 0.404 e. The number of phosphoric acid groups is 2. The van der Waals surface area contributed by atoms with E-state index in [4.69, 9.17) is 18.8 Å². The molecule has 24 heavy (non-hydrogen) atoms. The summed E-state index contributed by atoms with van der Waals surface area (Å²) in [6.07, 6.45) is 7.24. The van der Waals surface area contributed by atoms with Gasteiger partial charge in [-0.25, -0.2) is 9.13 Å². The maximum absolute atomic E-state index is 12.4. The maximum atomic E-state index is 12.4. The molecule has 0 spiro atoms. The lowest BCUT2D eigenvalue weighted by atomic mass is 10.1. The van der Waals surface area contributed by atoms with E-state index in [-0.39, 0.29) is 12.4 Å². The molecule has 9 heteroatoms. The zero-order valence-electron chi connectivity index (χ0n) is 13.9. The van der Waals surface area contributed by atoms with Crippen molar-refractivity contribution >= 4 is 15.6 Å². The molecular weight excluding hydrogens is 354 g/mol. The highest BCUT2D eigenvalue weighted by Crippen LogP contribution is 2.60. The molecule has 2 N–H and O–H groups in total. The van der Waals surface area contributed by atoms with E-state index in [2.05, 4.69) is 11.2 Å². The molecule has 0 heterocycles. The van der Waals surface area contributed by atoms with Crippen molar-refractivity contribution in [2.24, 2.45) is 0 Å². The Kier molecular flexibility index (Phi) is 9.82. The first kappa shape index (κ1) is 21.4. The van der Waals surface area contributed by atoms with Crippen molar-refractivity contribution in [3.05, 3.63) is 30.3 Å². The summed E-state index contributed by atoms with van der Waals surface area (Å²) >= 11 is 0. The highest BCUT2D eigenvalue weighted by atomic mass is 31.3. The molecule has 0 aliphatic carbocycles. The fourth-order valence-corrected chi connectivity index (χ4v) is 4.19. The zero-order valence-corrected chi connectivity index (χ0v) is 15.7. The van der Waals surface area contributed by atoms with Crippen LogP contribution in [-0.4, -0.2) is 16.4 Å². The van der Waals surface area contributed by atoms with Gasteiger partial charge in [0.2, 0.25) is 0 Å². The first-order valence-electron chi connectivity index (χ1n) is 8.11. The fourth-order valence-electron chi connectivity index (χ4n) is 2.04. The van der Waals surface area contributed by atoms with Gasteiger partial charge < -0.3 is 14.3 Å². The third kappa shape index (κ3) is 10.2. The van der Waals surface area contributed by atoms with Crippen LogP contribution in [0.4, 0.5) is 0 Å². The fraction of sp³-hybridized carbons (Fsp3) is 0.600. The minimum atomic E-state index is -5.01. The Labute approximate surface area is 143 Å². The Bertz CT molecular complexity index is 544. The van der Waals surface area contributed by atoms with Gasteiger partial charge in [-0.15, -0.1) is 0 Å². The van der Waals surface area contributed by atoms with Crippen LogP contribution in [0, 0.1) is 0 Å². The molecule has 0 fully saturated rings. The van der Waals surface area contributed by atoms with Crippen molar-refractivity contribution in [3.63, 3.8) is 0 Å². The summed E-state index contributed by atoms with van der Waals surface area (Å²) in [5.41, 5.74) is 0. The van der Waals surface area contributed by atoms with E-state index >= 15 is 0 Å². The molecule has 7 nitrogen and oxygen atoms in total. The average Bonchev–Trinajstić information content (AvgIpc) is 2.49. The summed E-state index contributed by atoms with van der Waals surface area (Å²) in [4.78, 5) is 17.8. The summed E-state index contributed by atoms with van der Waals surface area (Å²) in [6.45, 7) is 2.19. The van der Waals surface area contributed by atoms with E-state index in [0.29, 0.717) is 6.42 Å². The van der Waals surface area contributed by atoms with Crippen LogP contribution < -0.4 is 4.52 Å². The van der Waals surface area contributed by atoms with Crippen molar-refractivity contribution in [3.8, 4) is 5.75 Å². The molecule has 0 bridgehead atoms. The van der Waals surface area contributed by atoms with Gasteiger partial charge in [0.15, 0.2) is 0 Å². The minimum Gasteiger partial charge on any atom is -0.404 e. The number of para-hydroxylation sites is 1. The predicted molar refractivity (Wildman–Crippen MR) is 91.8 cm³/mol. The van der Waals surface area contributed by atoms with E-state index in [0.717, 1.165) is 19.3 Å². The third-order valence-electron chi connectivity index (χ3n) is 3.16. The molecule has 0 aliphatic rings. The summed E-state index contributed by atoms with van der Waals surface area (Å²) in [5, 5.41) is 0. The molecular formula is C15H26O7P2. The van der Waals surface area contributed by atoms with Gasteiger partial charge >= 0.3 is 15.6 Å². The maximum Gasteiger partial charge on any atom is 0.539 e. The summed E-state index contributed by atoms with van der Waals surface area (Å²) in [5.74, 6) is 0.147. The van der Waals surface area contributed by atoms with Crippen LogP contribution in [0.25, 0.3) is 0 Å². The number of unbranched alkanes of at least 4 members (excludes halogenated alkanes) is 6. The second kappa shape index (κ2) is 11.0. The highest BCUT2D eigenvalue weighted by Gasteiger charge is 2.37. The normalized spacial score (nSPS) is 14.3. The molecule has 0 aliphatic heterocycles. The second-order valence-corrected chi connectivity index (χ2v) is 8.35. The largest absolute Gasteiger partial charge is 0.539 e. The van der Waals surface area contributed by atoms with Crippen molar-refractivity contribution in [2.75, 3.05) is 6.61 Å². The first-order valence-corrected chi connectivity index (χ1v) is 11.1. The summed E-state index contributed by atoms with van der Waals surface area (Å²) < 4.78 is 37.8. The van der Waals surface area contributed by atoms with E-state index in [9.17, 15) is 9.13 Å². The van der Waals surface area contributed by atoms with Crippen LogP contribution in [0.3, 0.4) is 0 Å². The summed E-state index contributed by atoms with van der Waals surface area (Å²) in [7, 11) is -9.40. The topological polar surface area (TPSA) is 102 Å². The van der Waals surface area contributed by atoms with Crippen LogP contribution in [0.2, 0.25) is 0 Å². The third-order valence-corrected chi connectivity index (χ3v) is 5.75. The van der Waals surface area contributed by atoms with Crippen LogP contribution in [-0.2, 0) is 18.0 Å². The SMILES string of the molecule is CCCCCCCCCOP(=O)(Oc1ccccc1)OP(=O)(O)O. The van der Waals surface area contributed by atoms with Crippen LogP contribution in [0.5, 0.6) is 5.75 Å². The lowest BCUT2D eigenvalue weighted by Gasteiger charge is -2.18. The lowest BCUT2D eigenvalue weighted by molar-refractivity contribution is 0.181. The minimum absolute atomic E-state index is 0.0396. The van der Waals surface area contributed by atoms with Gasteiger partial charge in [-0.1, -0.05) is 63.6 Å². The second-order valence-electron chi connectivity index (χ2n) is 5.38. The van der Waals surface area contributed by atoms with Gasteiger partial charge in [0.1, 0.15) is 5.75 Å². The molecule has 1 rings (SSSR count). The monoisotopic (exact) mass is 380 g/mol. The molecule has 0 saturated carbocycles. The summed E-state index contributed by atoms with van der Waals surface area (Å²) in [6, 6.07) is 7.97. The van der Waals surface area contributed by atoms with Crippen molar-refractivity contribution in [2.45, 2.75) is 51.9 Å². The van der Waals surface area contributed by atoms with Gasteiger partial charge in [-0.2, -0.15) is 4.31 Å². The quantitative estimate of drug-likeness (QED) is 0.365. The molecule has 1 aromatic rings. The Morgan fingerprint density at radius 1 is 0.917 bits per heavy atom. The van der Waals surface area contributed by atoms with Gasteiger partial charge in [-0.05, 0) is 18.6 Å². The number of rotatable bonds is 13. The number of hydrogen-bond acceptors (Lipinski definition) is 5. The number of phosphoric ester groups is 1. The van der Waals surface area contributed by atoms with Gasteiger partial charge in [0.05, 0.1) is 6.61 Å². The van der Waals surface area contributed by atoms with E-state index in [1.165, 1.54) is 31.4 Å². The Hall–Kier alpha value is -0.680. The highest BCUT2D eigenvalue weighted by molar-refractivity contribution is 7.61. The molecule has 1 atom stereocenters. The lowest BCUT2D eigenvalue weighted by Crippen LogP contribution is -2.03. The molecule has 1 unspecified atom stereocenters. The Balaban J connectivity index is 2.45. The zero-order chi connectivity index (χ0) is 17.9. The first-order chi connectivity index (χ1) is 11.3. The van der Waals surface area contributed by atoms with Crippen molar-refractivity contribution < 1.29 is 32.3 Å². The molecule has 1 aromatic carbocycles. The number of benzene rings is 1. The molecule has 0 radical (unpaired) electrons. The Morgan fingerprint density at radius 2 is 1.50 bits per heavy atom. The van der Waals surface area contributed by atoms with Crippen LogP contribution >= 0.6 is 15.6 Å². The van der Waals surface area contributed by atoms with E-state index in [1.54, 1.807) is 18.2 Å². The molecule has 0 aromatic heterocycles. The van der Waals surface area contributed by atoms with Gasteiger partial charge in [0.25, 0.3) is 0 Å². The molecule has 138 valence electrons. The van der Waals surface area contributed by atoms with Gasteiger partial charge in [0, 0.05) is 0 Å². The van der Waals surface area contributed by atoms with E-state index in [1.807, 2.05) is 0 Å². The van der Waals surface area contributed by atoms with E-state index < -0.39 is 15.6 Å². The average molecular weight is 380 g/mol. The molecule has 0 saturated heterocycles. The molecule has 0 amide bonds. The van der Waals surface area contributed by atoms with Crippen LogP contribution in [0.15, 0.2) is 30.3 Å². The standard InChI is InChI=1S/C15H26O7P2/c1-2-3-4-5-6-7-11-14-20-24(19,22-23(16,17)18)21-15-12-9-8-10-13-15/h8-10,12-13H,2-7,11,14H2,1H3,(H2,16,17,18). The predicted octanol–water partition coefficient (Wildman–Crippen LogP) is 5.05. The number of hydrogen-bond donors (Lipinski definition) is 2.